The number of aromatic nitrogens is 4. The van der Waals surface area contributed by atoms with E-state index in [9.17, 15) is 0 Å². The largest absolute Gasteiger partial charge is 0.250 e. The molecule has 0 bridgehead atoms. The first kappa shape index (κ1) is 9.84. The van der Waals surface area contributed by atoms with Crippen molar-refractivity contribution in [2.75, 3.05) is 0 Å². The van der Waals surface area contributed by atoms with Gasteiger partial charge in [-0.25, -0.2) is 19.9 Å². The van der Waals surface area contributed by atoms with Crippen LogP contribution in [0.25, 0.3) is 11.2 Å². The fourth-order valence-corrected chi connectivity index (χ4v) is 1.67. The molecule has 0 spiro atoms. The van der Waals surface area contributed by atoms with Crippen molar-refractivity contribution in [3.05, 3.63) is 60.3 Å². The van der Waals surface area contributed by atoms with E-state index in [0.717, 1.165) is 11.3 Å². The van der Waals surface area contributed by atoms with Crippen molar-refractivity contribution in [3.8, 4) is 0 Å². The molecule has 4 nitrogen and oxygen atoms in total. The van der Waals surface area contributed by atoms with Gasteiger partial charge in [-0.1, -0.05) is 30.3 Å². The molecule has 0 unspecified atom stereocenters. The molecule has 2 heterocycles. The zero-order valence-electron chi connectivity index (χ0n) is 9.11. The Morgan fingerprint density at radius 1 is 0.882 bits per heavy atom. The molecule has 3 aromatic rings. The average molecular weight is 222 g/mol. The van der Waals surface area contributed by atoms with Crippen LogP contribution >= 0.6 is 0 Å². The highest BCUT2D eigenvalue weighted by Gasteiger charge is 2.02. The number of rotatable bonds is 2. The van der Waals surface area contributed by atoms with Gasteiger partial charge in [0.05, 0.1) is 6.20 Å². The minimum absolute atomic E-state index is 0.647. The molecule has 82 valence electrons. The molecule has 0 radical (unpaired) electrons. The molecule has 0 saturated carbocycles. The Kier molecular flexibility index (Phi) is 2.46. The predicted octanol–water partition coefficient (Wildman–Crippen LogP) is 2.01. The van der Waals surface area contributed by atoms with E-state index < -0.39 is 0 Å². The molecule has 0 atom stereocenters. The van der Waals surface area contributed by atoms with Crippen LogP contribution in [0.15, 0.2) is 48.9 Å². The highest BCUT2D eigenvalue weighted by Crippen LogP contribution is 2.08. The van der Waals surface area contributed by atoms with E-state index in [4.69, 9.17) is 0 Å². The lowest BCUT2D eigenvalue weighted by molar-refractivity contribution is 0.976. The second kappa shape index (κ2) is 4.25. The van der Waals surface area contributed by atoms with Crippen LogP contribution in [0.3, 0.4) is 0 Å². The Balaban J connectivity index is 1.96. The SMILES string of the molecule is c1ccc(Cc2ncc3nccnc3n2)cc1. The fourth-order valence-electron chi connectivity index (χ4n) is 1.67. The van der Waals surface area contributed by atoms with Gasteiger partial charge in [0, 0.05) is 18.8 Å². The number of nitrogens with zero attached hydrogens (tertiary/aromatic N) is 4. The van der Waals surface area contributed by atoms with Gasteiger partial charge in [0.15, 0.2) is 5.65 Å². The van der Waals surface area contributed by atoms with Crippen LogP contribution in [0, 0.1) is 0 Å². The molecule has 0 saturated heterocycles. The minimum atomic E-state index is 0.647. The molecule has 0 amide bonds. The summed E-state index contributed by atoms with van der Waals surface area (Å²) in [6.07, 6.45) is 5.71. The van der Waals surface area contributed by atoms with Gasteiger partial charge in [-0.05, 0) is 5.56 Å². The van der Waals surface area contributed by atoms with Crippen molar-refractivity contribution >= 4 is 11.2 Å². The summed E-state index contributed by atoms with van der Waals surface area (Å²) in [6.45, 7) is 0. The molecule has 0 aliphatic carbocycles. The summed E-state index contributed by atoms with van der Waals surface area (Å²) in [5, 5.41) is 0. The van der Waals surface area contributed by atoms with Crippen molar-refractivity contribution in [3.63, 3.8) is 0 Å². The first-order valence-electron chi connectivity index (χ1n) is 5.38. The molecule has 1 aromatic carbocycles. The Morgan fingerprint density at radius 3 is 2.59 bits per heavy atom. The molecule has 0 aliphatic rings. The first-order chi connectivity index (χ1) is 8.42. The third-order valence-corrected chi connectivity index (χ3v) is 2.48. The summed E-state index contributed by atoms with van der Waals surface area (Å²) in [4.78, 5) is 17.0. The lowest BCUT2D eigenvalue weighted by Gasteiger charge is -2.01. The molecule has 4 heteroatoms. The van der Waals surface area contributed by atoms with Crippen molar-refractivity contribution in [1.82, 2.24) is 19.9 Å². The van der Waals surface area contributed by atoms with E-state index in [-0.39, 0.29) is 0 Å². The van der Waals surface area contributed by atoms with Crippen LogP contribution in [-0.2, 0) is 6.42 Å². The highest BCUT2D eigenvalue weighted by molar-refractivity contribution is 5.67. The third kappa shape index (κ3) is 2.10. The predicted molar refractivity (Wildman–Crippen MR) is 64.4 cm³/mol. The minimum Gasteiger partial charge on any atom is -0.250 e. The van der Waals surface area contributed by atoms with Gasteiger partial charge in [0.1, 0.15) is 11.3 Å². The molecule has 0 aliphatic heterocycles. The summed E-state index contributed by atoms with van der Waals surface area (Å²) < 4.78 is 0. The molecular weight excluding hydrogens is 212 g/mol. The van der Waals surface area contributed by atoms with E-state index in [1.807, 2.05) is 18.2 Å². The van der Waals surface area contributed by atoms with E-state index in [1.165, 1.54) is 5.56 Å². The van der Waals surface area contributed by atoms with Crippen LogP contribution in [0.1, 0.15) is 11.4 Å². The molecule has 0 fully saturated rings. The topological polar surface area (TPSA) is 51.6 Å². The van der Waals surface area contributed by atoms with Crippen LogP contribution < -0.4 is 0 Å². The van der Waals surface area contributed by atoms with Gasteiger partial charge in [-0.15, -0.1) is 0 Å². The van der Waals surface area contributed by atoms with Crippen LogP contribution in [0.5, 0.6) is 0 Å². The smallest absolute Gasteiger partial charge is 0.181 e. The second-order valence-electron chi connectivity index (χ2n) is 3.71. The zero-order chi connectivity index (χ0) is 11.5. The van der Waals surface area contributed by atoms with Gasteiger partial charge in [-0.2, -0.15) is 0 Å². The Morgan fingerprint density at radius 2 is 1.71 bits per heavy atom. The normalized spacial score (nSPS) is 10.6. The average Bonchev–Trinajstić information content (AvgIpc) is 2.40. The third-order valence-electron chi connectivity index (χ3n) is 2.48. The molecule has 0 N–H and O–H groups in total. The van der Waals surface area contributed by atoms with Crippen molar-refractivity contribution in [2.24, 2.45) is 0 Å². The maximum absolute atomic E-state index is 4.39. The van der Waals surface area contributed by atoms with Gasteiger partial charge in [-0.3, -0.25) is 0 Å². The van der Waals surface area contributed by atoms with E-state index in [1.54, 1.807) is 18.6 Å². The summed E-state index contributed by atoms with van der Waals surface area (Å²) in [5.41, 5.74) is 2.56. The van der Waals surface area contributed by atoms with Gasteiger partial charge in [0.2, 0.25) is 0 Å². The van der Waals surface area contributed by atoms with Crippen LogP contribution in [-0.4, -0.2) is 19.9 Å². The Bertz CT molecular complexity index is 637. The maximum atomic E-state index is 4.39. The van der Waals surface area contributed by atoms with Crippen molar-refractivity contribution in [2.45, 2.75) is 6.42 Å². The maximum Gasteiger partial charge on any atom is 0.181 e. The molecule has 3 rings (SSSR count). The monoisotopic (exact) mass is 222 g/mol. The quantitative estimate of drug-likeness (QED) is 0.665. The van der Waals surface area contributed by atoms with E-state index in [0.29, 0.717) is 12.1 Å². The summed E-state index contributed by atoms with van der Waals surface area (Å²) in [5.74, 6) is 0.768. The molecular formula is C13H10N4. The fraction of sp³-hybridized carbons (Fsp3) is 0.0769. The van der Waals surface area contributed by atoms with Gasteiger partial charge >= 0.3 is 0 Å². The number of hydrogen-bond donors (Lipinski definition) is 0. The van der Waals surface area contributed by atoms with Gasteiger partial charge in [0.25, 0.3) is 0 Å². The number of benzene rings is 1. The van der Waals surface area contributed by atoms with E-state index >= 15 is 0 Å². The summed E-state index contributed by atoms with van der Waals surface area (Å²) in [7, 11) is 0. The number of fused-ring (bicyclic) bond motifs is 1. The highest BCUT2D eigenvalue weighted by atomic mass is 15.0. The number of hydrogen-bond acceptors (Lipinski definition) is 4. The van der Waals surface area contributed by atoms with Gasteiger partial charge < -0.3 is 0 Å². The Hall–Kier alpha value is -2.36. The van der Waals surface area contributed by atoms with E-state index in [2.05, 4.69) is 32.1 Å². The van der Waals surface area contributed by atoms with Crippen LogP contribution in [0.2, 0.25) is 0 Å². The lowest BCUT2D eigenvalue weighted by Crippen LogP contribution is -1.98. The lowest BCUT2D eigenvalue weighted by atomic mass is 10.1. The first-order valence-corrected chi connectivity index (χ1v) is 5.38. The standard InChI is InChI=1S/C13H10N4/c1-2-4-10(5-3-1)8-12-16-9-11-13(17-12)15-7-6-14-11/h1-7,9H,8H2. The molecule has 2 aromatic heterocycles. The zero-order valence-corrected chi connectivity index (χ0v) is 9.11. The summed E-state index contributed by atoms with van der Waals surface area (Å²) >= 11 is 0. The summed E-state index contributed by atoms with van der Waals surface area (Å²) in [6, 6.07) is 10.1. The van der Waals surface area contributed by atoms with Crippen LogP contribution in [0.4, 0.5) is 0 Å². The van der Waals surface area contributed by atoms with Crippen molar-refractivity contribution in [1.29, 1.82) is 0 Å². The second-order valence-corrected chi connectivity index (χ2v) is 3.71. The molecule has 17 heavy (non-hydrogen) atoms. The van der Waals surface area contributed by atoms with Crippen molar-refractivity contribution < 1.29 is 0 Å². The Labute approximate surface area is 98.4 Å².